The Balaban J connectivity index is 0.000000436. The van der Waals surface area contributed by atoms with E-state index in [2.05, 4.69) is 31.1 Å². The van der Waals surface area contributed by atoms with Gasteiger partial charge in [0.25, 0.3) is 5.91 Å². The number of nitrogens with zero attached hydrogens (tertiary/aromatic N) is 1. The molecule has 3 aromatic rings. The standard InChI is InChI=1S/C19H19F2NO3.C6H5FN2O.C5H12/c1-10-5-4-6-11(2)18(10)13-7-14(19(21)15(20)8-13)16(9-17(24)25)22-12(3)23;7-5-3-9-2-1-4(5)6(8)10;1-4-5(2)3/h4-8,16H,9H2,1-3H3,(H,22,23)(H,24,25);1-3H,(H2,8,10);5H,4H2,1-3H3/t16-;;/m0../s1. The normalized spacial score (nSPS) is 10.9. The van der Waals surface area contributed by atoms with Gasteiger partial charge < -0.3 is 16.2 Å². The maximum absolute atomic E-state index is 14.3. The predicted molar refractivity (Wildman–Crippen MR) is 148 cm³/mol. The second kappa shape index (κ2) is 16.0. The number of nitrogens with one attached hydrogen (secondary N) is 1. The molecule has 216 valence electrons. The Morgan fingerprint density at radius 3 is 2.02 bits per heavy atom. The Morgan fingerprint density at radius 2 is 1.60 bits per heavy atom. The highest BCUT2D eigenvalue weighted by Gasteiger charge is 2.24. The number of hydrogen-bond acceptors (Lipinski definition) is 4. The summed E-state index contributed by atoms with van der Waals surface area (Å²) >= 11 is 0. The molecular weight excluding hydrogens is 523 g/mol. The first-order valence-corrected chi connectivity index (χ1v) is 12.6. The van der Waals surface area contributed by atoms with Crippen LogP contribution in [-0.4, -0.2) is 27.9 Å². The summed E-state index contributed by atoms with van der Waals surface area (Å²) in [6, 6.07) is 8.13. The summed E-state index contributed by atoms with van der Waals surface area (Å²) in [5.41, 5.74) is 7.44. The van der Waals surface area contributed by atoms with E-state index in [0.29, 0.717) is 5.56 Å². The Bertz CT molecular complexity index is 1290. The van der Waals surface area contributed by atoms with Gasteiger partial charge >= 0.3 is 5.97 Å². The van der Waals surface area contributed by atoms with Crippen molar-refractivity contribution in [3.63, 3.8) is 0 Å². The van der Waals surface area contributed by atoms with Crippen molar-refractivity contribution in [2.45, 2.75) is 60.4 Å². The van der Waals surface area contributed by atoms with Crippen molar-refractivity contribution in [2.24, 2.45) is 11.7 Å². The van der Waals surface area contributed by atoms with Crippen LogP contribution in [0.5, 0.6) is 0 Å². The van der Waals surface area contributed by atoms with E-state index in [9.17, 15) is 27.6 Å². The molecular formula is C30H36F3N3O4. The summed E-state index contributed by atoms with van der Waals surface area (Å²) in [6.45, 7) is 11.5. The monoisotopic (exact) mass is 559 g/mol. The largest absolute Gasteiger partial charge is 0.481 e. The summed E-state index contributed by atoms with van der Waals surface area (Å²) in [4.78, 5) is 36.2. The molecule has 0 spiro atoms. The molecule has 0 aliphatic rings. The molecule has 40 heavy (non-hydrogen) atoms. The SMILES string of the molecule is CC(=O)N[C@@H](CC(=O)O)c1cc(-c2c(C)cccc2C)cc(F)c1F.CCC(C)C.NC(=O)c1ccncc1F. The number of rotatable bonds is 7. The van der Waals surface area contributed by atoms with Gasteiger partial charge in [-0.25, -0.2) is 13.2 Å². The third kappa shape index (κ3) is 10.5. The number of halogens is 3. The first-order chi connectivity index (χ1) is 18.7. The maximum atomic E-state index is 14.3. The van der Waals surface area contributed by atoms with Gasteiger partial charge in [0, 0.05) is 18.7 Å². The van der Waals surface area contributed by atoms with Crippen LogP contribution in [0.1, 0.15) is 73.6 Å². The average molecular weight is 560 g/mol. The van der Waals surface area contributed by atoms with E-state index in [-0.39, 0.29) is 11.1 Å². The lowest BCUT2D eigenvalue weighted by Crippen LogP contribution is -2.29. The summed E-state index contributed by atoms with van der Waals surface area (Å²) in [5, 5.41) is 11.4. The quantitative estimate of drug-likeness (QED) is 0.315. The topological polar surface area (TPSA) is 122 Å². The molecule has 4 N–H and O–H groups in total. The average Bonchev–Trinajstić information content (AvgIpc) is 2.85. The molecule has 0 unspecified atom stereocenters. The van der Waals surface area contributed by atoms with Crippen LogP contribution in [0.2, 0.25) is 0 Å². The van der Waals surface area contributed by atoms with Crippen molar-refractivity contribution < 1.29 is 32.7 Å². The molecule has 3 rings (SSSR count). The minimum atomic E-state index is -1.23. The number of carbonyl (C=O) groups is 3. The fourth-order valence-electron chi connectivity index (χ4n) is 3.51. The second-order valence-electron chi connectivity index (χ2n) is 9.50. The number of nitrogens with two attached hydrogens (primary N) is 1. The number of primary amides is 1. The number of carbonyl (C=O) groups excluding carboxylic acids is 2. The number of hydrogen-bond donors (Lipinski definition) is 3. The minimum absolute atomic E-state index is 0.130. The van der Waals surface area contributed by atoms with Crippen LogP contribution in [0.25, 0.3) is 11.1 Å². The summed E-state index contributed by atoms with van der Waals surface area (Å²) in [5.74, 6) is -4.57. The molecule has 2 aromatic carbocycles. The van der Waals surface area contributed by atoms with Crippen LogP contribution in [0.3, 0.4) is 0 Å². The Labute approximate surface area is 232 Å². The van der Waals surface area contributed by atoms with E-state index in [1.165, 1.54) is 31.7 Å². The molecule has 1 aromatic heterocycles. The van der Waals surface area contributed by atoms with Crippen LogP contribution in [0.4, 0.5) is 13.2 Å². The molecule has 2 amide bonds. The summed E-state index contributed by atoms with van der Waals surface area (Å²) < 4.78 is 41.0. The van der Waals surface area contributed by atoms with E-state index in [1.807, 2.05) is 32.0 Å². The molecule has 0 aliphatic heterocycles. The van der Waals surface area contributed by atoms with Crippen molar-refractivity contribution in [3.05, 3.63) is 88.5 Å². The lowest BCUT2D eigenvalue weighted by Gasteiger charge is -2.19. The molecule has 0 fully saturated rings. The van der Waals surface area contributed by atoms with Crippen molar-refractivity contribution >= 4 is 17.8 Å². The Kier molecular flexibility index (Phi) is 13.5. The summed E-state index contributed by atoms with van der Waals surface area (Å²) in [6.07, 6.45) is 3.01. The first-order valence-electron chi connectivity index (χ1n) is 12.6. The number of pyridine rings is 1. The van der Waals surface area contributed by atoms with Gasteiger partial charge in [-0.05, 0) is 60.2 Å². The van der Waals surface area contributed by atoms with Crippen LogP contribution in [0, 0.1) is 37.2 Å². The molecule has 0 aliphatic carbocycles. The highest BCUT2D eigenvalue weighted by Crippen LogP contribution is 2.32. The van der Waals surface area contributed by atoms with Crippen molar-refractivity contribution in [1.82, 2.24) is 10.3 Å². The van der Waals surface area contributed by atoms with Crippen molar-refractivity contribution in [1.29, 1.82) is 0 Å². The number of aryl methyl sites for hydroxylation is 2. The molecule has 0 bridgehead atoms. The van der Waals surface area contributed by atoms with Gasteiger partial charge in [-0.1, -0.05) is 45.4 Å². The van der Waals surface area contributed by atoms with Gasteiger partial charge in [-0.2, -0.15) is 0 Å². The van der Waals surface area contributed by atoms with Crippen molar-refractivity contribution in [2.75, 3.05) is 0 Å². The van der Waals surface area contributed by atoms with Gasteiger partial charge in [0.15, 0.2) is 17.5 Å². The highest BCUT2D eigenvalue weighted by atomic mass is 19.2. The van der Waals surface area contributed by atoms with Crippen LogP contribution >= 0.6 is 0 Å². The molecule has 10 heteroatoms. The van der Waals surface area contributed by atoms with Crippen LogP contribution in [0.15, 0.2) is 48.8 Å². The molecule has 1 atom stereocenters. The van der Waals surface area contributed by atoms with Gasteiger partial charge in [0.05, 0.1) is 24.2 Å². The zero-order chi connectivity index (χ0) is 30.6. The zero-order valence-corrected chi connectivity index (χ0v) is 23.5. The van der Waals surface area contributed by atoms with Crippen LogP contribution in [-0.2, 0) is 9.59 Å². The molecule has 0 saturated carbocycles. The van der Waals surface area contributed by atoms with E-state index in [1.54, 1.807) is 0 Å². The van der Waals surface area contributed by atoms with Gasteiger partial charge in [-0.15, -0.1) is 0 Å². The fourth-order valence-corrected chi connectivity index (χ4v) is 3.51. The third-order valence-corrected chi connectivity index (χ3v) is 5.81. The lowest BCUT2D eigenvalue weighted by atomic mass is 9.92. The number of carboxylic acid groups (broad SMARTS) is 1. The van der Waals surface area contributed by atoms with Crippen LogP contribution < -0.4 is 11.1 Å². The van der Waals surface area contributed by atoms with Crippen molar-refractivity contribution in [3.8, 4) is 11.1 Å². The second-order valence-corrected chi connectivity index (χ2v) is 9.50. The van der Waals surface area contributed by atoms with Gasteiger partial charge in [0.2, 0.25) is 5.91 Å². The van der Waals surface area contributed by atoms with E-state index in [4.69, 9.17) is 10.8 Å². The zero-order valence-electron chi connectivity index (χ0n) is 23.5. The predicted octanol–water partition coefficient (Wildman–Crippen LogP) is 6.27. The Hall–Kier alpha value is -4.21. The number of carboxylic acids is 1. The lowest BCUT2D eigenvalue weighted by molar-refractivity contribution is -0.137. The number of aliphatic carboxylic acids is 1. The van der Waals surface area contributed by atoms with Gasteiger partial charge in [0.1, 0.15) is 0 Å². The molecule has 0 radical (unpaired) electrons. The highest BCUT2D eigenvalue weighted by molar-refractivity contribution is 5.92. The fraction of sp³-hybridized carbons (Fsp3) is 0.333. The molecule has 7 nitrogen and oxygen atoms in total. The smallest absolute Gasteiger partial charge is 0.305 e. The molecule has 1 heterocycles. The summed E-state index contributed by atoms with van der Waals surface area (Å²) in [7, 11) is 0. The van der Waals surface area contributed by atoms with E-state index in [0.717, 1.165) is 34.9 Å². The third-order valence-electron chi connectivity index (χ3n) is 5.81. The van der Waals surface area contributed by atoms with E-state index < -0.39 is 47.7 Å². The minimum Gasteiger partial charge on any atom is -0.481 e. The molecule has 0 saturated heterocycles. The number of aromatic nitrogens is 1. The number of amides is 2. The Morgan fingerprint density at radius 1 is 1.02 bits per heavy atom. The number of benzene rings is 2. The maximum Gasteiger partial charge on any atom is 0.305 e. The van der Waals surface area contributed by atoms with Gasteiger partial charge in [-0.3, -0.25) is 19.4 Å². The first kappa shape index (κ1) is 33.8. The van der Waals surface area contributed by atoms with E-state index >= 15 is 0 Å².